The number of aliphatic hydroxyl groups excluding tert-OH is 1. The van der Waals surface area contributed by atoms with Gasteiger partial charge in [-0.05, 0) is 51.1 Å². The molecule has 6 heteroatoms. The van der Waals surface area contributed by atoms with E-state index < -0.39 is 11.6 Å². The molecule has 0 amide bonds. The van der Waals surface area contributed by atoms with E-state index in [9.17, 15) is 10.1 Å². The number of carbonyl (C=O) groups is 1. The average Bonchev–Trinajstić information content (AvgIpc) is 2.57. The number of nitrogens with zero attached hydrogens (tertiary/aromatic N) is 3. The second-order valence-corrected chi connectivity index (χ2v) is 6.93. The Morgan fingerprint density at radius 1 is 1.35 bits per heavy atom. The van der Waals surface area contributed by atoms with Gasteiger partial charge in [-0.15, -0.1) is 0 Å². The SMILES string of the molecule is CN(CCO)c1ccc2nc(/C=C(\C#N)C(=O)OC(C)(C)C)ccc2c1. The van der Waals surface area contributed by atoms with Crippen LogP contribution in [0.25, 0.3) is 17.0 Å². The van der Waals surface area contributed by atoms with Crippen LogP contribution < -0.4 is 4.90 Å². The number of rotatable bonds is 5. The second-order valence-electron chi connectivity index (χ2n) is 6.93. The van der Waals surface area contributed by atoms with Crippen LogP contribution in [0.4, 0.5) is 5.69 Å². The quantitative estimate of drug-likeness (QED) is 0.505. The van der Waals surface area contributed by atoms with Crippen LogP contribution in [0.1, 0.15) is 26.5 Å². The van der Waals surface area contributed by atoms with Crippen molar-refractivity contribution in [3.8, 4) is 6.07 Å². The van der Waals surface area contributed by atoms with Crippen LogP contribution in [-0.4, -0.2) is 41.9 Å². The monoisotopic (exact) mass is 353 g/mol. The molecule has 0 aliphatic rings. The number of anilines is 1. The summed E-state index contributed by atoms with van der Waals surface area (Å²) in [6, 6.07) is 11.3. The summed E-state index contributed by atoms with van der Waals surface area (Å²) < 4.78 is 5.23. The number of nitriles is 1. The largest absolute Gasteiger partial charge is 0.456 e. The summed E-state index contributed by atoms with van der Waals surface area (Å²) in [4.78, 5) is 18.5. The van der Waals surface area contributed by atoms with Crippen molar-refractivity contribution in [2.75, 3.05) is 25.1 Å². The highest BCUT2D eigenvalue weighted by Crippen LogP contribution is 2.21. The summed E-state index contributed by atoms with van der Waals surface area (Å²) >= 11 is 0. The van der Waals surface area contributed by atoms with Crippen LogP contribution in [0.3, 0.4) is 0 Å². The van der Waals surface area contributed by atoms with E-state index >= 15 is 0 Å². The summed E-state index contributed by atoms with van der Waals surface area (Å²) in [6.07, 6.45) is 1.43. The molecule has 1 aromatic heterocycles. The van der Waals surface area contributed by atoms with E-state index in [-0.39, 0.29) is 12.2 Å². The Labute approximate surface area is 153 Å². The highest BCUT2D eigenvalue weighted by Gasteiger charge is 2.20. The van der Waals surface area contributed by atoms with Crippen molar-refractivity contribution < 1.29 is 14.6 Å². The number of esters is 1. The molecule has 0 aliphatic carbocycles. The van der Waals surface area contributed by atoms with Gasteiger partial charge in [0.1, 0.15) is 17.2 Å². The van der Waals surface area contributed by atoms with Crippen LogP contribution in [0.2, 0.25) is 0 Å². The molecule has 136 valence electrons. The molecule has 6 nitrogen and oxygen atoms in total. The standard InChI is InChI=1S/C20H23N3O3/c1-20(2,3)26-19(25)15(13-21)11-16-6-5-14-12-17(23(4)9-10-24)7-8-18(14)22-16/h5-8,11-12,24H,9-10H2,1-4H3/b15-11+. The van der Waals surface area contributed by atoms with Crippen molar-refractivity contribution in [1.82, 2.24) is 4.98 Å². The number of aromatic nitrogens is 1. The van der Waals surface area contributed by atoms with E-state index in [0.29, 0.717) is 12.2 Å². The molecule has 2 aromatic rings. The third kappa shape index (κ3) is 5.04. The third-order valence-corrected chi connectivity index (χ3v) is 3.60. The second kappa shape index (κ2) is 7.98. The van der Waals surface area contributed by atoms with Crippen molar-refractivity contribution in [1.29, 1.82) is 5.26 Å². The molecule has 0 spiro atoms. The summed E-state index contributed by atoms with van der Waals surface area (Å²) in [7, 11) is 1.90. The Hall–Kier alpha value is -2.91. The number of benzene rings is 1. The van der Waals surface area contributed by atoms with Gasteiger partial charge in [-0.1, -0.05) is 6.07 Å². The Bertz CT molecular complexity index is 876. The topological polar surface area (TPSA) is 86.5 Å². The van der Waals surface area contributed by atoms with Crippen LogP contribution in [0.5, 0.6) is 0 Å². The predicted molar refractivity (Wildman–Crippen MR) is 102 cm³/mol. The van der Waals surface area contributed by atoms with Crippen molar-refractivity contribution in [3.63, 3.8) is 0 Å². The first-order valence-corrected chi connectivity index (χ1v) is 8.31. The number of hydrogen-bond acceptors (Lipinski definition) is 6. The van der Waals surface area contributed by atoms with Crippen LogP contribution in [0.15, 0.2) is 35.9 Å². The molecule has 0 unspecified atom stereocenters. The van der Waals surface area contributed by atoms with Gasteiger partial charge in [0.2, 0.25) is 0 Å². The van der Waals surface area contributed by atoms with E-state index in [2.05, 4.69) is 4.98 Å². The molecule has 1 N–H and O–H groups in total. The molecule has 0 saturated carbocycles. The molecular formula is C20H23N3O3. The van der Waals surface area contributed by atoms with Gasteiger partial charge in [0, 0.05) is 24.7 Å². The fourth-order valence-electron chi connectivity index (χ4n) is 2.34. The molecule has 0 aliphatic heterocycles. The van der Waals surface area contributed by atoms with E-state index in [4.69, 9.17) is 9.84 Å². The lowest BCUT2D eigenvalue weighted by Crippen LogP contribution is -2.24. The van der Waals surface area contributed by atoms with Gasteiger partial charge in [0.25, 0.3) is 0 Å². The molecule has 0 radical (unpaired) electrons. The smallest absolute Gasteiger partial charge is 0.349 e. The van der Waals surface area contributed by atoms with Gasteiger partial charge in [0.15, 0.2) is 0 Å². The van der Waals surface area contributed by atoms with Crippen molar-refractivity contribution >= 4 is 28.6 Å². The highest BCUT2D eigenvalue weighted by molar-refractivity contribution is 5.98. The molecule has 0 saturated heterocycles. The maximum absolute atomic E-state index is 12.1. The number of hydrogen-bond donors (Lipinski definition) is 1. The van der Waals surface area contributed by atoms with Gasteiger partial charge >= 0.3 is 5.97 Å². The summed E-state index contributed by atoms with van der Waals surface area (Å²) in [5.41, 5.74) is 1.48. The predicted octanol–water partition coefficient (Wildman–Crippen LogP) is 2.91. The van der Waals surface area contributed by atoms with Crippen LogP contribution in [-0.2, 0) is 9.53 Å². The molecular weight excluding hydrogens is 330 g/mol. The van der Waals surface area contributed by atoms with Gasteiger partial charge in [-0.3, -0.25) is 0 Å². The number of aliphatic hydroxyl groups is 1. The Morgan fingerprint density at radius 2 is 2.08 bits per heavy atom. The molecule has 1 heterocycles. The minimum Gasteiger partial charge on any atom is -0.456 e. The zero-order valence-corrected chi connectivity index (χ0v) is 15.5. The highest BCUT2D eigenvalue weighted by atomic mass is 16.6. The first kappa shape index (κ1) is 19.4. The molecule has 26 heavy (non-hydrogen) atoms. The minimum atomic E-state index is -0.666. The number of carbonyl (C=O) groups excluding carboxylic acids is 1. The molecule has 0 bridgehead atoms. The zero-order chi connectivity index (χ0) is 19.3. The van der Waals surface area contributed by atoms with Gasteiger partial charge in [-0.2, -0.15) is 5.26 Å². The van der Waals surface area contributed by atoms with Gasteiger partial charge < -0.3 is 14.7 Å². The fourth-order valence-corrected chi connectivity index (χ4v) is 2.34. The lowest BCUT2D eigenvalue weighted by atomic mass is 10.1. The summed E-state index contributed by atoms with van der Waals surface area (Å²) in [5, 5.41) is 19.2. The summed E-state index contributed by atoms with van der Waals surface area (Å²) in [6.45, 7) is 5.87. The minimum absolute atomic E-state index is 0.0815. The zero-order valence-electron chi connectivity index (χ0n) is 15.5. The van der Waals surface area contributed by atoms with E-state index in [1.165, 1.54) is 6.08 Å². The molecule has 2 rings (SSSR count). The lowest BCUT2D eigenvalue weighted by Gasteiger charge is -2.19. The third-order valence-electron chi connectivity index (χ3n) is 3.60. The maximum atomic E-state index is 12.1. The van der Waals surface area contributed by atoms with Gasteiger partial charge in [0.05, 0.1) is 17.8 Å². The first-order valence-electron chi connectivity index (χ1n) is 8.31. The van der Waals surface area contributed by atoms with Crippen molar-refractivity contribution in [2.45, 2.75) is 26.4 Å². The Morgan fingerprint density at radius 3 is 2.69 bits per heavy atom. The lowest BCUT2D eigenvalue weighted by molar-refractivity contribution is -0.149. The van der Waals surface area contributed by atoms with E-state index in [1.807, 2.05) is 42.3 Å². The fraction of sp³-hybridized carbons (Fsp3) is 0.350. The molecule has 1 aromatic carbocycles. The molecule has 0 fully saturated rings. The Balaban J connectivity index is 2.31. The summed E-state index contributed by atoms with van der Waals surface area (Å²) in [5.74, 6) is -0.664. The molecule has 0 atom stereocenters. The van der Waals surface area contributed by atoms with Gasteiger partial charge in [-0.25, -0.2) is 9.78 Å². The van der Waals surface area contributed by atoms with Crippen molar-refractivity contribution in [3.05, 3.63) is 41.6 Å². The normalized spacial score (nSPS) is 11.9. The number of pyridine rings is 1. The number of likely N-dealkylation sites (N-methyl/N-ethyl adjacent to an activating group) is 1. The van der Waals surface area contributed by atoms with Crippen LogP contribution >= 0.6 is 0 Å². The van der Waals surface area contributed by atoms with Crippen molar-refractivity contribution in [2.24, 2.45) is 0 Å². The Kier molecular flexibility index (Phi) is 5.96. The average molecular weight is 353 g/mol. The maximum Gasteiger partial charge on any atom is 0.349 e. The van der Waals surface area contributed by atoms with E-state index in [1.54, 1.807) is 26.8 Å². The van der Waals surface area contributed by atoms with E-state index in [0.717, 1.165) is 16.6 Å². The number of fused-ring (bicyclic) bond motifs is 1. The first-order chi connectivity index (χ1) is 12.2. The number of ether oxygens (including phenoxy) is 1. The van der Waals surface area contributed by atoms with Crippen LogP contribution in [0, 0.1) is 11.3 Å².